The largest absolute Gasteiger partial charge is 0.462 e. The molecule has 1 amide bonds. The molecule has 0 unspecified atom stereocenters. The molecule has 1 atom stereocenters. The summed E-state index contributed by atoms with van der Waals surface area (Å²) >= 11 is 0. The Morgan fingerprint density at radius 3 is 2.26 bits per heavy atom. The van der Waals surface area contributed by atoms with Crippen molar-refractivity contribution in [1.29, 1.82) is 0 Å². The molecule has 0 heterocycles. The van der Waals surface area contributed by atoms with Gasteiger partial charge in [0.1, 0.15) is 6.61 Å². The first-order valence-electron chi connectivity index (χ1n) is 7.48. The molecule has 1 saturated carbocycles. The normalized spacial score (nSPS) is 17.8. The SMILES string of the molecule is O=C(CCC(=O)OC[C@H](F)C(F)(F)C(F)F)NC1CCCCC1. The molecule has 1 N–H and O–H groups in total. The summed E-state index contributed by atoms with van der Waals surface area (Å²) in [6, 6.07) is 0.0622. The van der Waals surface area contributed by atoms with Gasteiger partial charge < -0.3 is 10.1 Å². The van der Waals surface area contributed by atoms with Crippen LogP contribution in [0.3, 0.4) is 0 Å². The smallest absolute Gasteiger partial charge is 0.341 e. The fourth-order valence-electron chi connectivity index (χ4n) is 2.25. The van der Waals surface area contributed by atoms with Crippen LogP contribution in [0.1, 0.15) is 44.9 Å². The lowest BCUT2D eigenvalue weighted by Crippen LogP contribution is -2.41. The highest BCUT2D eigenvalue weighted by atomic mass is 19.3. The van der Waals surface area contributed by atoms with Crippen molar-refractivity contribution in [3.63, 3.8) is 0 Å². The average Bonchev–Trinajstić information content (AvgIpc) is 2.51. The second kappa shape index (κ2) is 9.02. The van der Waals surface area contributed by atoms with Gasteiger partial charge in [-0.05, 0) is 12.8 Å². The van der Waals surface area contributed by atoms with Gasteiger partial charge in [-0.1, -0.05) is 19.3 Å². The Balaban J connectivity index is 2.22. The molecule has 0 radical (unpaired) electrons. The number of esters is 1. The maximum Gasteiger partial charge on any atom is 0.341 e. The molecule has 0 aromatic rings. The maximum absolute atomic E-state index is 12.9. The van der Waals surface area contributed by atoms with E-state index in [0.717, 1.165) is 32.1 Å². The lowest BCUT2D eigenvalue weighted by atomic mass is 9.95. The van der Waals surface area contributed by atoms with Crippen molar-refractivity contribution in [2.45, 2.75) is 69.5 Å². The summed E-state index contributed by atoms with van der Waals surface area (Å²) in [6.45, 7) is -1.47. The van der Waals surface area contributed by atoms with E-state index in [2.05, 4.69) is 10.1 Å². The molecule has 0 aromatic carbocycles. The highest BCUT2D eigenvalue weighted by Crippen LogP contribution is 2.29. The predicted octanol–water partition coefficient (Wildman–Crippen LogP) is 3.00. The third-order valence-corrected chi connectivity index (χ3v) is 3.63. The van der Waals surface area contributed by atoms with E-state index in [1.807, 2.05) is 0 Å². The Bertz CT molecular complexity index is 400. The van der Waals surface area contributed by atoms with Crippen molar-refractivity contribution in [1.82, 2.24) is 5.32 Å². The number of carbonyl (C=O) groups excluding carboxylic acids is 2. The number of amides is 1. The average molecular weight is 345 g/mol. The number of rotatable bonds is 8. The summed E-state index contributed by atoms with van der Waals surface area (Å²) in [5, 5.41) is 2.74. The van der Waals surface area contributed by atoms with Crippen LogP contribution < -0.4 is 5.32 Å². The summed E-state index contributed by atoms with van der Waals surface area (Å²) in [5.41, 5.74) is 0. The fraction of sp³-hybridized carbons (Fsp3) is 0.857. The molecular weight excluding hydrogens is 325 g/mol. The molecule has 1 fully saturated rings. The van der Waals surface area contributed by atoms with Crippen LogP contribution >= 0.6 is 0 Å². The van der Waals surface area contributed by atoms with E-state index in [-0.39, 0.29) is 18.4 Å². The Hall–Kier alpha value is -1.41. The van der Waals surface area contributed by atoms with Gasteiger partial charge in [-0.15, -0.1) is 0 Å². The minimum Gasteiger partial charge on any atom is -0.462 e. The van der Waals surface area contributed by atoms with Gasteiger partial charge in [0.15, 0.2) is 0 Å². The first-order valence-corrected chi connectivity index (χ1v) is 7.48. The highest BCUT2D eigenvalue weighted by Gasteiger charge is 2.50. The van der Waals surface area contributed by atoms with Crippen molar-refractivity contribution in [2.75, 3.05) is 6.61 Å². The summed E-state index contributed by atoms with van der Waals surface area (Å²) in [4.78, 5) is 22.8. The second-order valence-corrected chi connectivity index (χ2v) is 5.53. The second-order valence-electron chi connectivity index (χ2n) is 5.53. The van der Waals surface area contributed by atoms with Crippen molar-refractivity contribution in [3.8, 4) is 0 Å². The lowest BCUT2D eigenvalue weighted by Gasteiger charge is -2.22. The minimum atomic E-state index is -4.88. The molecule has 0 aromatic heterocycles. The molecule has 9 heteroatoms. The van der Waals surface area contributed by atoms with E-state index in [1.54, 1.807) is 0 Å². The number of hydrogen-bond acceptors (Lipinski definition) is 3. The monoisotopic (exact) mass is 345 g/mol. The number of ether oxygens (including phenoxy) is 1. The van der Waals surface area contributed by atoms with Crippen molar-refractivity contribution < 1.29 is 36.3 Å². The van der Waals surface area contributed by atoms with Crippen LogP contribution in [0.4, 0.5) is 22.0 Å². The predicted molar refractivity (Wildman–Crippen MR) is 71.1 cm³/mol. The first-order chi connectivity index (χ1) is 10.7. The number of nitrogens with one attached hydrogen (secondary N) is 1. The number of carbonyl (C=O) groups is 2. The Labute approximate surface area is 130 Å². The lowest BCUT2D eigenvalue weighted by molar-refractivity contribution is -0.186. The van der Waals surface area contributed by atoms with Crippen LogP contribution in [0, 0.1) is 0 Å². The summed E-state index contributed by atoms with van der Waals surface area (Å²) in [7, 11) is 0. The molecule has 4 nitrogen and oxygen atoms in total. The van der Waals surface area contributed by atoms with Gasteiger partial charge in [-0.25, -0.2) is 13.2 Å². The van der Waals surface area contributed by atoms with Gasteiger partial charge in [0.2, 0.25) is 12.1 Å². The van der Waals surface area contributed by atoms with E-state index in [9.17, 15) is 31.5 Å². The van der Waals surface area contributed by atoms with E-state index in [4.69, 9.17) is 0 Å². The van der Waals surface area contributed by atoms with E-state index in [0.29, 0.717) is 0 Å². The molecule has 0 bridgehead atoms. The third kappa shape index (κ3) is 6.70. The molecule has 1 aliphatic carbocycles. The molecule has 23 heavy (non-hydrogen) atoms. The van der Waals surface area contributed by atoms with Gasteiger partial charge >= 0.3 is 18.3 Å². The summed E-state index contributed by atoms with van der Waals surface area (Å²) in [6.07, 6.45) is -3.24. The topological polar surface area (TPSA) is 55.4 Å². The molecular formula is C14H20F5NO3. The third-order valence-electron chi connectivity index (χ3n) is 3.63. The van der Waals surface area contributed by atoms with Gasteiger partial charge in [0.05, 0.1) is 6.42 Å². The zero-order valence-electron chi connectivity index (χ0n) is 12.5. The van der Waals surface area contributed by atoms with Crippen LogP contribution in [0.15, 0.2) is 0 Å². The van der Waals surface area contributed by atoms with Crippen molar-refractivity contribution in [3.05, 3.63) is 0 Å². The molecule has 0 aliphatic heterocycles. The quantitative estimate of drug-likeness (QED) is 0.543. The zero-order chi connectivity index (χ0) is 17.5. The van der Waals surface area contributed by atoms with Gasteiger partial charge in [0, 0.05) is 12.5 Å². The van der Waals surface area contributed by atoms with E-state index < -0.39 is 37.5 Å². The maximum atomic E-state index is 12.9. The van der Waals surface area contributed by atoms with Crippen molar-refractivity contribution >= 4 is 11.9 Å². The van der Waals surface area contributed by atoms with Crippen molar-refractivity contribution in [2.24, 2.45) is 0 Å². The number of hydrogen-bond donors (Lipinski definition) is 1. The van der Waals surface area contributed by atoms with E-state index in [1.165, 1.54) is 0 Å². The molecule has 1 rings (SSSR count). The van der Waals surface area contributed by atoms with Crippen LogP contribution in [0.5, 0.6) is 0 Å². The molecule has 1 aliphatic rings. The van der Waals surface area contributed by atoms with Crippen LogP contribution in [-0.2, 0) is 14.3 Å². The summed E-state index contributed by atoms with van der Waals surface area (Å²) in [5.74, 6) is -6.35. The van der Waals surface area contributed by atoms with Gasteiger partial charge in [-0.3, -0.25) is 9.59 Å². The van der Waals surface area contributed by atoms with Crippen LogP contribution in [-0.4, -0.2) is 43.0 Å². The fourth-order valence-corrected chi connectivity index (χ4v) is 2.25. The molecule has 0 spiro atoms. The Morgan fingerprint density at radius 1 is 1.09 bits per heavy atom. The van der Waals surface area contributed by atoms with Crippen LogP contribution in [0.25, 0.3) is 0 Å². The number of halogens is 5. The Morgan fingerprint density at radius 2 is 1.70 bits per heavy atom. The summed E-state index contributed by atoms with van der Waals surface area (Å²) < 4.78 is 66.0. The standard InChI is InChI=1S/C14H20F5NO3/c15-10(14(18,19)13(16)17)8-23-12(22)7-6-11(21)20-9-4-2-1-3-5-9/h9-10,13H,1-8H2,(H,20,21)/t10-/m0/s1. The highest BCUT2D eigenvalue weighted by molar-refractivity contribution is 5.81. The van der Waals surface area contributed by atoms with Crippen LogP contribution in [0.2, 0.25) is 0 Å². The molecule has 134 valence electrons. The number of alkyl halides is 5. The van der Waals surface area contributed by atoms with E-state index >= 15 is 0 Å². The van der Waals surface area contributed by atoms with Gasteiger partial charge in [-0.2, -0.15) is 8.78 Å². The Kier molecular flexibility index (Phi) is 7.70. The zero-order valence-corrected chi connectivity index (χ0v) is 12.5. The first kappa shape index (κ1) is 19.6. The molecule has 0 saturated heterocycles. The minimum absolute atomic E-state index is 0.0622. The van der Waals surface area contributed by atoms with Gasteiger partial charge in [0.25, 0.3) is 0 Å².